The maximum absolute atomic E-state index is 12.1. The van der Waals surface area contributed by atoms with Gasteiger partial charge in [-0.2, -0.15) is 0 Å². The molecular weight excluding hydrogens is 314 g/mol. The van der Waals surface area contributed by atoms with Gasteiger partial charge in [0, 0.05) is 31.9 Å². The molecule has 5 heteroatoms. The largest absolute Gasteiger partial charge is 0.462 e. The smallest absolute Gasteiger partial charge is 0.341 e. The topological polar surface area (TPSA) is 54.5 Å². The van der Waals surface area contributed by atoms with Crippen LogP contribution in [-0.4, -0.2) is 41.6 Å². The van der Waals surface area contributed by atoms with Crippen LogP contribution in [0.25, 0.3) is 0 Å². The maximum Gasteiger partial charge on any atom is 0.341 e. The Labute approximate surface area is 149 Å². The number of hydrogen-bond acceptors (Lipinski definition) is 5. The number of ether oxygens (including phenoxy) is 1. The minimum atomic E-state index is -0.320. The Morgan fingerprint density at radius 2 is 1.96 bits per heavy atom. The zero-order valence-corrected chi connectivity index (χ0v) is 14.6. The van der Waals surface area contributed by atoms with Crippen molar-refractivity contribution in [1.82, 2.24) is 9.88 Å². The predicted octanol–water partition coefficient (Wildman–Crippen LogP) is 3.33. The van der Waals surface area contributed by atoms with Crippen LogP contribution in [0.2, 0.25) is 0 Å². The third kappa shape index (κ3) is 4.79. The number of aromatic nitrogens is 1. The highest BCUT2D eigenvalue weighted by Gasteiger charge is 2.21. The van der Waals surface area contributed by atoms with E-state index in [-0.39, 0.29) is 5.97 Å². The number of carbonyl (C=O) groups excluding carboxylic acids is 1. The van der Waals surface area contributed by atoms with E-state index in [2.05, 4.69) is 39.5 Å². The van der Waals surface area contributed by atoms with E-state index < -0.39 is 0 Å². The lowest BCUT2D eigenvalue weighted by molar-refractivity contribution is 0.0527. The van der Waals surface area contributed by atoms with Crippen molar-refractivity contribution in [2.24, 2.45) is 0 Å². The second-order valence-electron chi connectivity index (χ2n) is 6.30. The quantitative estimate of drug-likeness (QED) is 0.818. The number of likely N-dealkylation sites (tertiary alicyclic amines) is 1. The van der Waals surface area contributed by atoms with Crippen LogP contribution in [0.15, 0.2) is 48.7 Å². The van der Waals surface area contributed by atoms with E-state index in [0.717, 1.165) is 32.5 Å². The normalized spacial score (nSPS) is 15.7. The zero-order chi connectivity index (χ0) is 17.5. The zero-order valence-electron chi connectivity index (χ0n) is 14.6. The molecular formula is C20H25N3O2. The summed E-state index contributed by atoms with van der Waals surface area (Å²) in [5.41, 5.74) is 1.86. The predicted molar refractivity (Wildman–Crippen MR) is 98.6 cm³/mol. The SMILES string of the molecule is CCOC(=O)c1cccnc1NC1CCN(Cc2ccccc2)CC1. The van der Waals surface area contributed by atoms with Gasteiger partial charge in [-0.15, -0.1) is 0 Å². The average Bonchev–Trinajstić information content (AvgIpc) is 2.65. The van der Waals surface area contributed by atoms with Gasteiger partial charge in [-0.1, -0.05) is 30.3 Å². The number of rotatable bonds is 6. The lowest BCUT2D eigenvalue weighted by Gasteiger charge is -2.32. The van der Waals surface area contributed by atoms with Crippen LogP contribution >= 0.6 is 0 Å². The molecule has 0 unspecified atom stereocenters. The fourth-order valence-electron chi connectivity index (χ4n) is 3.16. The van der Waals surface area contributed by atoms with Crippen molar-refractivity contribution < 1.29 is 9.53 Å². The summed E-state index contributed by atoms with van der Waals surface area (Å²) in [6, 6.07) is 14.4. The number of piperidine rings is 1. The van der Waals surface area contributed by atoms with Gasteiger partial charge < -0.3 is 10.1 Å². The van der Waals surface area contributed by atoms with Gasteiger partial charge >= 0.3 is 5.97 Å². The summed E-state index contributed by atoms with van der Waals surface area (Å²) in [5, 5.41) is 3.43. The van der Waals surface area contributed by atoms with Gasteiger partial charge in [-0.3, -0.25) is 4.90 Å². The highest BCUT2D eigenvalue weighted by molar-refractivity contribution is 5.94. The summed E-state index contributed by atoms with van der Waals surface area (Å²) < 4.78 is 5.11. The van der Waals surface area contributed by atoms with Gasteiger partial charge in [0.25, 0.3) is 0 Å². The molecule has 1 aromatic heterocycles. The summed E-state index contributed by atoms with van der Waals surface area (Å²) in [5.74, 6) is 0.307. The third-order valence-electron chi connectivity index (χ3n) is 4.48. The summed E-state index contributed by atoms with van der Waals surface area (Å²) in [6.45, 7) is 5.24. The molecule has 0 bridgehead atoms. The Bertz CT molecular complexity index is 682. The van der Waals surface area contributed by atoms with Crippen molar-refractivity contribution in [2.45, 2.75) is 32.4 Å². The summed E-state index contributed by atoms with van der Waals surface area (Å²) in [4.78, 5) is 18.9. The van der Waals surface area contributed by atoms with Crippen molar-refractivity contribution in [1.29, 1.82) is 0 Å². The van der Waals surface area contributed by atoms with Crippen LogP contribution in [-0.2, 0) is 11.3 Å². The lowest BCUT2D eigenvalue weighted by atomic mass is 10.0. The standard InChI is InChI=1S/C20H25N3O2/c1-2-25-20(24)18-9-6-12-21-19(18)22-17-10-13-23(14-11-17)15-16-7-4-3-5-8-16/h3-9,12,17H,2,10-11,13-15H2,1H3,(H,21,22). The van der Waals surface area contributed by atoms with E-state index in [9.17, 15) is 4.79 Å². The molecule has 1 saturated heterocycles. The molecule has 1 aromatic carbocycles. The van der Waals surface area contributed by atoms with Crippen LogP contribution in [0.1, 0.15) is 35.7 Å². The highest BCUT2D eigenvalue weighted by atomic mass is 16.5. The van der Waals surface area contributed by atoms with Gasteiger partial charge in [0.05, 0.1) is 6.61 Å². The monoisotopic (exact) mass is 339 g/mol. The molecule has 25 heavy (non-hydrogen) atoms. The van der Waals surface area contributed by atoms with Gasteiger partial charge in [-0.05, 0) is 37.5 Å². The Morgan fingerprint density at radius 3 is 2.68 bits per heavy atom. The number of esters is 1. The molecule has 2 heterocycles. The van der Waals surface area contributed by atoms with Crippen molar-refractivity contribution in [3.63, 3.8) is 0 Å². The molecule has 5 nitrogen and oxygen atoms in total. The molecule has 0 aliphatic carbocycles. The first-order valence-electron chi connectivity index (χ1n) is 8.91. The van der Waals surface area contributed by atoms with Crippen LogP contribution < -0.4 is 5.32 Å². The molecule has 1 fully saturated rings. The number of pyridine rings is 1. The molecule has 1 aliphatic rings. The van der Waals surface area contributed by atoms with Crippen LogP contribution in [0.3, 0.4) is 0 Å². The second-order valence-corrected chi connectivity index (χ2v) is 6.30. The fourth-order valence-corrected chi connectivity index (χ4v) is 3.16. The van der Waals surface area contributed by atoms with E-state index in [0.29, 0.717) is 24.0 Å². The molecule has 0 saturated carbocycles. The Morgan fingerprint density at radius 1 is 1.20 bits per heavy atom. The minimum Gasteiger partial charge on any atom is -0.462 e. The highest BCUT2D eigenvalue weighted by Crippen LogP contribution is 2.20. The minimum absolute atomic E-state index is 0.320. The second kappa shape index (κ2) is 8.62. The summed E-state index contributed by atoms with van der Waals surface area (Å²) in [7, 11) is 0. The average molecular weight is 339 g/mol. The lowest BCUT2D eigenvalue weighted by Crippen LogP contribution is -2.39. The number of anilines is 1. The van der Waals surface area contributed by atoms with Gasteiger partial charge in [0.2, 0.25) is 0 Å². The Hall–Kier alpha value is -2.40. The van der Waals surface area contributed by atoms with Crippen LogP contribution in [0, 0.1) is 0 Å². The molecule has 3 rings (SSSR count). The van der Waals surface area contributed by atoms with E-state index in [1.54, 1.807) is 18.3 Å². The van der Waals surface area contributed by atoms with Crippen molar-refractivity contribution in [3.05, 3.63) is 59.8 Å². The fraction of sp³-hybridized carbons (Fsp3) is 0.400. The van der Waals surface area contributed by atoms with Crippen molar-refractivity contribution in [2.75, 3.05) is 25.0 Å². The van der Waals surface area contributed by atoms with E-state index in [1.165, 1.54) is 5.56 Å². The molecule has 2 aromatic rings. The number of nitrogens with one attached hydrogen (secondary N) is 1. The molecule has 0 amide bonds. The molecule has 0 atom stereocenters. The first kappa shape index (κ1) is 17.4. The van der Waals surface area contributed by atoms with E-state index in [4.69, 9.17) is 4.74 Å². The first-order valence-corrected chi connectivity index (χ1v) is 8.91. The molecule has 1 aliphatic heterocycles. The van der Waals surface area contributed by atoms with Crippen LogP contribution in [0.5, 0.6) is 0 Å². The van der Waals surface area contributed by atoms with Crippen molar-refractivity contribution >= 4 is 11.8 Å². The van der Waals surface area contributed by atoms with Gasteiger partial charge in [0.15, 0.2) is 0 Å². The number of hydrogen-bond donors (Lipinski definition) is 1. The van der Waals surface area contributed by atoms with Crippen LogP contribution in [0.4, 0.5) is 5.82 Å². The molecule has 1 N–H and O–H groups in total. The number of carbonyl (C=O) groups is 1. The van der Waals surface area contributed by atoms with Gasteiger partial charge in [0.1, 0.15) is 11.4 Å². The number of benzene rings is 1. The maximum atomic E-state index is 12.1. The molecule has 0 spiro atoms. The first-order chi connectivity index (χ1) is 12.3. The Kier molecular flexibility index (Phi) is 6.01. The van der Waals surface area contributed by atoms with E-state index in [1.807, 2.05) is 13.0 Å². The summed E-state index contributed by atoms with van der Waals surface area (Å²) in [6.07, 6.45) is 3.77. The third-order valence-corrected chi connectivity index (χ3v) is 4.48. The number of nitrogens with zero attached hydrogens (tertiary/aromatic N) is 2. The molecule has 132 valence electrons. The molecule has 0 radical (unpaired) electrons. The summed E-state index contributed by atoms with van der Waals surface area (Å²) >= 11 is 0. The van der Waals surface area contributed by atoms with Crippen molar-refractivity contribution in [3.8, 4) is 0 Å². The van der Waals surface area contributed by atoms with Gasteiger partial charge in [-0.25, -0.2) is 9.78 Å². The Balaban J connectivity index is 1.55. The van der Waals surface area contributed by atoms with E-state index >= 15 is 0 Å².